The number of fused-ring (bicyclic) bond motifs is 6. The number of nitrogens with zero attached hydrogens (tertiary/aromatic N) is 4. The zero-order valence-corrected chi connectivity index (χ0v) is 26.4. The van der Waals surface area contributed by atoms with Crippen LogP contribution in [0.5, 0.6) is 5.88 Å². The second-order valence-electron chi connectivity index (χ2n) is 11.6. The maximum Gasteiger partial charge on any atom is 0.401 e. The average molecular weight is 654 g/mol. The molecule has 1 N–H and O–H groups in total. The topological polar surface area (TPSA) is 105 Å². The van der Waals surface area contributed by atoms with Gasteiger partial charge in [-0.2, -0.15) is 18.2 Å². The monoisotopic (exact) mass is 653 g/mol. The molecule has 6 bridgehead atoms. The van der Waals surface area contributed by atoms with Crippen molar-refractivity contribution < 1.29 is 31.1 Å². The van der Waals surface area contributed by atoms with Crippen LogP contribution in [0, 0.1) is 19.8 Å². The summed E-state index contributed by atoms with van der Waals surface area (Å²) in [6, 6.07) is 12.2. The first-order valence-corrected chi connectivity index (χ1v) is 15.5. The van der Waals surface area contributed by atoms with Crippen LogP contribution in [0.15, 0.2) is 53.4 Å². The van der Waals surface area contributed by atoms with Gasteiger partial charge < -0.3 is 9.64 Å². The standard InChI is InChI=1S/C30H34F3N5O4S.ClH/c1-18(2)11-22-14-37(17-30(31,32)33)15-23-16-38(22)28(39)21-9-6-10-24(12-21)43(40,41)36-29-34-25(13-26(35-29)42-23)27-19(3)7-5-8-20(27)4;/h5-10,12-13,18,22-23H,11,14-17H2,1-4H3,(H,34,35,36);1H/t22-,23+;/m0./s1. The number of amides is 1. The van der Waals surface area contributed by atoms with Crippen molar-refractivity contribution in [2.24, 2.45) is 5.92 Å². The van der Waals surface area contributed by atoms with E-state index in [-0.39, 0.29) is 60.2 Å². The lowest BCUT2D eigenvalue weighted by atomic mass is 10.00. The lowest BCUT2D eigenvalue weighted by Crippen LogP contribution is -2.47. The molecule has 0 radical (unpaired) electrons. The van der Waals surface area contributed by atoms with Gasteiger partial charge in [-0.1, -0.05) is 38.1 Å². The fourth-order valence-corrected chi connectivity index (χ4v) is 6.82. The molecule has 3 aromatic rings. The lowest BCUT2D eigenvalue weighted by Gasteiger charge is -2.33. The van der Waals surface area contributed by atoms with Crippen molar-refractivity contribution in [1.82, 2.24) is 19.8 Å². The Kier molecular flexibility index (Phi) is 9.81. The maximum absolute atomic E-state index is 14.0. The van der Waals surface area contributed by atoms with Crippen LogP contribution in [-0.4, -0.2) is 78.6 Å². The molecule has 9 nitrogen and oxygen atoms in total. The summed E-state index contributed by atoms with van der Waals surface area (Å²) in [6.07, 6.45) is -4.92. The second kappa shape index (κ2) is 12.9. The predicted octanol–water partition coefficient (Wildman–Crippen LogP) is 5.48. The third-order valence-electron chi connectivity index (χ3n) is 7.52. The number of carbonyl (C=O) groups excluding carboxylic acids is 1. The number of aromatic nitrogens is 2. The Bertz CT molecular complexity index is 1620. The molecule has 44 heavy (non-hydrogen) atoms. The predicted molar refractivity (Wildman–Crippen MR) is 163 cm³/mol. The summed E-state index contributed by atoms with van der Waals surface area (Å²) in [5.41, 5.74) is 2.98. The highest BCUT2D eigenvalue weighted by Gasteiger charge is 2.39. The summed E-state index contributed by atoms with van der Waals surface area (Å²) < 4.78 is 76.6. The Labute approximate surface area is 261 Å². The third kappa shape index (κ3) is 7.62. The summed E-state index contributed by atoms with van der Waals surface area (Å²) >= 11 is 0. The first-order valence-electron chi connectivity index (χ1n) is 14.0. The van der Waals surface area contributed by atoms with Crippen LogP contribution < -0.4 is 9.46 Å². The molecule has 1 fully saturated rings. The summed E-state index contributed by atoms with van der Waals surface area (Å²) in [6.45, 7) is 6.33. The summed E-state index contributed by atoms with van der Waals surface area (Å²) in [5.74, 6) is -0.698. The van der Waals surface area contributed by atoms with Gasteiger partial charge in [-0.05, 0) is 55.5 Å². The number of ether oxygens (including phenoxy) is 1. The van der Waals surface area contributed by atoms with Crippen molar-refractivity contribution in [2.45, 2.75) is 57.3 Å². The minimum absolute atomic E-state index is 0. The summed E-state index contributed by atoms with van der Waals surface area (Å²) in [4.78, 5) is 25.4. The van der Waals surface area contributed by atoms with E-state index in [1.54, 1.807) is 6.07 Å². The van der Waals surface area contributed by atoms with Gasteiger partial charge in [0.15, 0.2) is 0 Å². The van der Waals surface area contributed by atoms with Crippen LogP contribution in [0.4, 0.5) is 19.1 Å². The largest absolute Gasteiger partial charge is 0.471 e. The van der Waals surface area contributed by atoms with E-state index >= 15 is 0 Å². The number of halogens is 4. The van der Waals surface area contributed by atoms with Gasteiger partial charge in [-0.15, -0.1) is 12.4 Å². The average Bonchev–Trinajstić information content (AvgIpc) is 3.04. The molecule has 0 unspecified atom stereocenters. The minimum atomic E-state index is -4.46. The number of rotatable bonds is 4. The van der Waals surface area contributed by atoms with E-state index in [0.29, 0.717) is 12.1 Å². The SMILES string of the molecule is Cc1cccc(C)c1-c1cc2nc(n1)NS(=O)(=O)c1cccc(c1)C(=O)N1C[C@@H](CN(CC(F)(F)F)C[C@@H]1CC(C)C)O2.Cl. The smallest absolute Gasteiger partial charge is 0.401 e. The van der Waals surface area contributed by atoms with Crippen LogP contribution in [0.1, 0.15) is 41.8 Å². The molecule has 0 aliphatic carbocycles. The van der Waals surface area contributed by atoms with E-state index in [1.807, 2.05) is 45.9 Å². The molecule has 2 aromatic carbocycles. The van der Waals surface area contributed by atoms with Crippen LogP contribution in [-0.2, 0) is 10.0 Å². The van der Waals surface area contributed by atoms with E-state index in [4.69, 9.17) is 4.74 Å². The lowest BCUT2D eigenvalue weighted by molar-refractivity contribution is -0.147. The van der Waals surface area contributed by atoms with Crippen molar-refractivity contribution >= 4 is 34.3 Å². The number of carbonyl (C=O) groups is 1. The van der Waals surface area contributed by atoms with E-state index in [9.17, 15) is 26.4 Å². The molecule has 238 valence electrons. The van der Waals surface area contributed by atoms with Crippen molar-refractivity contribution in [2.75, 3.05) is 30.9 Å². The van der Waals surface area contributed by atoms with E-state index in [1.165, 1.54) is 34.1 Å². The molecule has 0 saturated carbocycles. The van der Waals surface area contributed by atoms with Gasteiger partial charge in [0, 0.05) is 36.3 Å². The van der Waals surface area contributed by atoms with Crippen molar-refractivity contribution in [3.8, 4) is 17.1 Å². The first kappa shape index (κ1) is 33.5. The Morgan fingerprint density at radius 3 is 2.36 bits per heavy atom. The highest BCUT2D eigenvalue weighted by atomic mass is 35.5. The fraction of sp³-hybridized carbons (Fsp3) is 0.433. The van der Waals surface area contributed by atoms with Crippen LogP contribution in [0.2, 0.25) is 0 Å². The number of anilines is 1. The van der Waals surface area contributed by atoms with Crippen molar-refractivity contribution in [3.05, 3.63) is 65.2 Å². The highest BCUT2D eigenvalue weighted by molar-refractivity contribution is 7.92. The number of nitrogens with one attached hydrogen (secondary N) is 1. The number of hydrogen-bond acceptors (Lipinski definition) is 7. The highest BCUT2D eigenvalue weighted by Crippen LogP contribution is 2.31. The van der Waals surface area contributed by atoms with Gasteiger partial charge in [-0.25, -0.2) is 18.1 Å². The number of benzene rings is 2. The molecule has 2 aliphatic heterocycles. The first-order chi connectivity index (χ1) is 20.2. The number of alkyl halides is 3. The number of aryl methyl sites for hydroxylation is 2. The van der Waals surface area contributed by atoms with Crippen molar-refractivity contribution in [1.29, 1.82) is 0 Å². The second-order valence-corrected chi connectivity index (χ2v) is 13.3. The molecule has 5 rings (SSSR count). The molecule has 14 heteroatoms. The molecule has 1 aromatic heterocycles. The van der Waals surface area contributed by atoms with E-state index in [0.717, 1.165) is 16.7 Å². The fourth-order valence-electron chi connectivity index (χ4n) is 5.83. The third-order valence-corrected chi connectivity index (χ3v) is 8.85. The van der Waals surface area contributed by atoms with Crippen LogP contribution in [0.3, 0.4) is 0 Å². The van der Waals surface area contributed by atoms with Gasteiger partial charge in [0.05, 0.1) is 23.7 Å². The Hall–Kier alpha value is -3.42. The van der Waals surface area contributed by atoms with Crippen LogP contribution >= 0.6 is 12.4 Å². The molecular weight excluding hydrogens is 619 g/mol. The summed E-state index contributed by atoms with van der Waals surface area (Å²) in [7, 11) is -4.23. The molecular formula is C30H35ClF3N5O4S. The molecule has 2 aliphatic rings. The van der Waals surface area contributed by atoms with Crippen LogP contribution in [0.25, 0.3) is 11.3 Å². The van der Waals surface area contributed by atoms with Gasteiger partial charge in [0.1, 0.15) is 6.10 Å². The zero-order valence-electron chi connectivity index (χ0n) is 24.8. The summed E-state index contributed by atoms with van der Waals surface area (Å²) in [5, 5.41) is 0. The van der Waals surface area contributed by atoms with Gasteiger partial charge >= 0.3 is 6.18 Å². The van der Waals surface area contributed by atoms with Gasteiger partial charge in [-0.3, -0.25) is 9.69 Å². The zero-order chi connectivity index (χ0) is 31.1. The quantitative estimate of drug-likeness (QED) is 0.398. The van der Waals surface area contributed by atoms with Gasteiger partial charge in [0.2, 0.25) is 11.8 Å². The normalized spacial score (nSPS) is 20.3. The molecule has 1 saturated heterocycles. The molecule has 2 atom stereocenters. The van der Waals surface area contributed by atoms with E-state index < -0.39 is 40.8 Å². The number of sulfonamides is 1. The molecule has 1 amide bonds. The van der Waals surface area contributed by atoms with Crippen molar-refractivity contribution in [3.63, 3.8) is 0 Å². The molecule has 3 heterocycles. The maximum atomic E-state index is 14.0. The Morgan fingerprint density at radius 1 is 1.02 bits per heavy atom. The van der Waals surface area contributed by atoms with Gasteiger partial charge in [0.25, 0.3) is 15.9 Å². The minimum Gasteiger partial charge on any atom is -0.471 e. The Balaban J connectivity index is 0.00000442. The molecule has 0 spiro atoms. The Morgan fingerprint density at radius 2 is 1.70 bits per heavy atom. The number of hydrogen-bond donors (Lipinski definition) is 1. The van der Waals surface area contributed by atoms with E-state index in [2.05, 4.69) is 14.7 Å².